The lowest BCUT2D eigenvalue weighted by Crippen LogP contribution is -2.34. The maximum absolute atomic E-state index is 9.08. The minimum Gasteiger partial charge on any atom is -0.395 e. The number of imidazole rings is 1. The van der Waals surface area contributed by atoms with E-state index in [0.717, 1.165) is 11.6 Å². The molecule has 0 saturated carbocycles. The molecule has 5 heteroatoms. The summed E-state index contributed by atoms with van der Waals surface area (Å²) in [5.74, 6) is 0. The Labute approximate surface area is 81.9 Å². The number of aromatic nitrogens is 2. The van der Waals surface area contributed by atoms with Crippen molar-refractivity contribution in [2.45, 2.75) is 29.8 Å². The fourth-order valence-electron chi connectivity index (χ4n) is 0.982. The smallest absolute Gasteiger partial charge is 0.165 e. The Morgan fingerprint density at radius 1 is 1.77 bits per heavy atom. The highest BCUT2D eigenvalue weighted by molar-refractivity contribution is 7.99. The third-order valence-corrected chi connectivity index (χ3v) is 3.11. The van der Waals surface area contributed by atoms with Gasteiger partial charge in [-0.25, -0.2) is 4.98 Å². The fourth-order valence-corrected chi connectivity index (χ4v) is 1.97. The molecule has 0 saturated heterocycles. The Morgan fingerprint density at radius 2 is 2.54 bits per heavy atom. The second-order valence-corrected chi connectivity index (χ2v) is 4.03. The number of hydrogen-bond donors (Lipinski definition) is 3. The molecule has 0 aliphatic heterocycles. The number of thioether (sulfide) groups is 1. The largest absolute Gasteiger partial charge is 0.395 e. The molecular weight excluding hydrogens is 186 g/mol. The molecule has 74 valence electrons. The van der Waals surface area contributed by atoms with Crippen molar-refractivity contribution < 1.29 is 5.11 Å². The summed E-state index contributed by atoms with van der Waals surface area (Å²) in [5.41, 5.74) is 5.82. The molecule has 0 aliphatic rings. The molecule has 0 radical (unpaired) electrons. The monoisotopic (exact) mass is 201 g/mol. The molecule has 1 rings (SSSR count). The van der Waals surface area contributed by atoms with E-state index in [9.17, 15) is 0 Å². The van der Waals surface area contributed by atoms with Crippen molar-refractivity contribution >= 4 is 11.8 Å². The molecule has 2 unspecified atom stereocenters. The Kier molecular flexibility index (Phi) is 4.27. The Morgan fingerprint density at radius 3 is 3.00 bits per heavy atom. The highest BCUT2D eigenvalue weighted by Crippen LogP contribution is 2.21. The summed E-state index contributed by atoms with van der Waals surface area (Å²) in [5, 5.41) is 9.92. The van der Waals surface area contributed by atoms with Gasteiger partial charge in [0, 0.05) is 18.4 Å². The van der Waals surface area contributed by atoms with Crippen molar-refractivity contribution in [3.05, 3.63) is 12.4 Å². The molecule has 13 heavy (non-hydrogen) atoms. The van der Waals surface area contributed by atoms with E-state index in [0.29, 0.717) is 0 Å². The first-order valence-electron chi connectivity index (χ1n) is 4.30. The van der Waals surface area contributed by atoms with Crippen LogP contribution in [0.4, 0.5) is 0 Å². The number of aliphatic hydroxyl groups is 1. The van der Waals surface area contributed by atoms with Crippen molar-refractivity contribution in [2.75, 3.05) is 6.61 Å². The normalized spacial score (nSPS) is 15.6. The molecule has 4 nitrogen and oxygen atoms in total. The van der Waals surface area contributed by atoms with Crippen LogP contribution in [0.1, 0.15) is 13.3 Å². The number of nitrogens with zero attached hydrogens (tertiary/aromatic N) is 1. The van der Waals surface area contributed by atoms with Gasteiger partial charge in [0.25, 0.3) is 0 Å². The van der Waals surface area contributed by atoms with Crippen LogP contribution in [0.25, 0.3) is 0 Å². The molecule has 0 aromatic carbocycles. The van der Waals surface area contributed by atoms with Gasteiger partial charge < -0.3 is 15.8 Å². The van der Waals surface area contributed by atoms with Crippen molar-refractivity contribution in [2.24, 2.45) is 5.73 Å². The van der Waals surface area contributed by atoms with Crippen molar-refractivity contribution in [3.63, 3.8) is 0 Å². The lowest BCUT2D eigenvalue weighted by molar-refractivity contribution is 0.281. The second kappa shape index (κ2) is 5.26. The number of H-pyrrole nitrogens is 1. The van der Waals surface area contributed by atoms with Crippen LogP contribution in [-0.2, 0) is 0 Å². The van der Waals surface area contributed by atoms with Crippen LogP contribution in [0.15, 0.2) is 17.6 Å². The van der Waals surface area contributed by atoms with Gasteiger partial charge in [-0.1, -0.05) is 18.7 Å². The van der Waals surface area contributed by atoms with E-state index in [1.807, 2.05) is 6.92 Å². The molecule has 0 bridgehead atoms. The minimum absolute atomic E-state index is 0.0140. The zero-order valence-electron chi connectivity index (χ0n) is 7.60. The first kappa shape index (κ1) is 10.6. The fraction of sp³-hybridized carbons (Fsp3) is 0.625. The summed E-state index contributed by atoms with van der Waals surface area (Å²) in [6.07, 6.45) is 4.31. The molecule has 2 atom stereocenters. The Balaban J connectivity index is 2.49. The van der Waals surface area contributed by atoms with Gasteiger partial charge in [0.2, 0.25) is 0 Å². The van der Waals surface area contributed by atoms with Crippen LogP contribution < -0.4 is 5.73 Å². The van der Waals surface area contributed by atoms with Gasteiger partial charge >= 0.3 is 0 Å². The van der Waals surface area contributed by atoms with E-state index in [2.05, 4.69) is 9.97 Å². The van der Waals surface area contributed by atoms with Gasteiger partial charge in [-0.2, -0.15) is 0 Å². The standard InChI is InChI=1S/C8H15N3OS/c1-2-6(9)7(5-12)13-8-10-3-4-11-8/h3-4,6-7,12H,2,5,9H2,1H3,(H,10,11). The van der Waals surface area contributed by atoms with Gasteiger partial charge in [0.1, 0.15) is 0 Å². The lowest BCUT2D eigenvalue weighted by atomic mass is 10.2. The predicted octanol–water partition coefficient (Wildman–Crippen LogP) is 0.600. The summed E-state index contributed by atoms with van der Waals surface area (Å²) in [7, 11) is 0. The Bertz CT molecular complexity index is 227. The van der Waals surface area contributed by atoms with E-state index >= 15 is 0 Å². The average molecular weight is 201 g/mol. The van der Waals surface area contributed by atoms with Crippen LogP contribution in [0, 0.1) is 0 Å². The summed E-state index contributed by atoms with van der Waals surface area (Å²) in [6, 6.07) is 0.0140. The number of nitrogens with one attached hydrogen (secondary N) is 1. The van der Waals surface area contributed by atoms with E-state index < -0.39 is 0 Å². The minimum atomic E-state index is 0.0140. The zero-order valence-corrected chi connectivity index (χ0v) is 8.42. The zero-order chi connectivity index (χ0) is 9.68. The third-order valence-electron chi connectivity index (χ3n) is 1.87. The molecule has 0 fully saturated rings. The van der Waals surface area contributed by atoms with Crippen LogP contribution >= 0.6 is 11.8 Å². The number of aromatic amines is 1. The highest BCUT2D eigenvalue weighted by atomic mass is 32.2. The number of nitrogens with two attached hydrogens (primary N) is 1. The van der Waals surface area contributed by atoms with Gasteiger partial charge in [-0.3, -0.25) is 0 Å². The quantitative estimate of drug-likeness (QED) is 0.610. The van der Waals surface area contributed by atoms with Gasteiger partial charge in [-0.15, -0.1) is 0 Å². The van der Waals surface area contributed by atoms with Gasteiger partial charge in [-0.05, 0) is 6.42 Å². The summed E-state index contributed by atoms with van der Waals surface area (Å²) < 4.78 is 0. The molecule has 0 spiro atoms. The van der Waals surface area contributed by atoms with Crippen molar-refractivity contribution in [1.82, 2.24) is 9.97 Å². The first-order chi connectivity index (χ1) is 6.27. The van der Waals surface area contributed by atoms with Crippen LogP contribution in [0.3, 0.4) is 0 Å². The van der Waals surface area contributed by atoms with Crippen molar-refractivity contribution in [1.29, 1.82) is 0 Å². The maximum Gasteiger partial charge on any atom is 0.165 e. The van der Waals surface area contributed by atoms with E-state index in [-0.39, 0.29) is 17.9 Å². The highest BCUT2D eigenvalue weighted by Gasteiger charge is 2.17. The molecule has 1 aromatic rings. The summed E-state index contributed by atoms with van der Waals surface area (Å²) >= 11 is 1.49. The van der Waals surface area contributed by atoms with Crippen LogP contribution in [0.5, 0.6) is 0 Å². The van der Waals surface area contributed by atoms with Crippen LogP contribution in [0.2, 0.25) is 0 Å². The SMILES string of the molecule is CCC(N)C(CO)Sc1ncc[nH]1. The summed E-state index contributed by atoms with van der Waals surface area (Å²) in [6.45, 7) is 2.09. The molecular formula is C8H15N3OS. The van der Waals surface area contributed by atoms with E-state index in [1.54, 1.807) is 12.4 Å². The topological polar surface area (TPSA) is 74.9 Å². The number of rotatable bonds is 5. The third kappa shape index (κ3) is 3.02. The van der Waals surface area contributed by atoms with Crippen LogP contribution in [-0.4, -0.2) is 33.0 Å². The lowest BCUT2D eigenvalue weighted by Gasteiger charge is -2.18. The number of aliphatic hydroxyl groups excluding tert-OH is 1. The molecule has 1 heterocycles. The van der Waals surface area contributed by atoms with Gasteiger partial charge in [0.15, 0.2) is 5.16 Å². The molecule has 0 amide bonds. The molecule has 0 aliphatic carbocycles. The first-order valence-corrected chi connectivity index (χ1v) is 5.18. The molecule has 4 N–H and O–H groups in total. The van der Waals surface area contributed by atoms with E-state index in [4.69, 9.17) is 10.8 Å². The molecule has 1 aromatic heterocycles. The Hall–Kier alpha value is -0.520. The van der Waals surface area contributed by atoms with Gasteiger partial charge in [0.05, 0.1) is 11.9 Å². The maximum atomic E-state index is 9.08. The number of hydrogen-bond acceptors (Lipinski definition) is 4. The van der Waals surface area contributed by atoms with Crippen molar-refractivity contribution in [3.8, 4) is 0 Å². The predicted molar refractivity (Wildman–Crippen MR) is 53.6 cm³/mol. The average Bonchev–Trinajstić information content (AvgIpc) is 2.65. The second-order valence-electron chi connectivity index (χ2n) is 2.81. The summed E-state index contributed by atoms with van der Waals surface area (Å²) in [4.78, 5) is 7.03. The van der Waals surface area contributed by atoms with E-state index in [1.165, 1.54) is 11.8 Å².